The van der Waals surface area contributed by atoms with Crippen molar-refractivity contribution < 1.29 is 4.79 Å². The van der Waals surface area contributed by atoms with Crippen LogP contribution in [0, 0.1) is 0 Å². The molecule has 0 aromatic heterocycles. The maximum atomic E-state index is 11.6. The second-order valence-electron chi connectivity index (χ2n) is 5.12. The molecule has 0 saturated heterocycles. The van der Waals surface area contributed by atoms with Gasteiger partial charge in [0, 0.05) is 25.3 Å². The molecule has 4 nitrogen and oxygen atoms in total. The molecule has 1 atom stereocenters. The zero-order valence-electron chi connectivity index (χ0n) is 12.0. The van der Waals surface area contributed by atoms with E-state index in [9.17, 15) is 4.79 Å². The molecule has 1 aromatic carbocycles. The summed E-state index contributed by atoms with van der Waals surface area (Å²) in [6, 6.07) is 6.71. The molecule has 19 heavy (non-hydrogen) atoms. The lowest BCUT2D eigenvalue weighted by atomic mass is 9.99. The minimum absolute atomic E-state index is 0.0311. The maximum absolute atomic E-state index is 11.6. The largest absolute Gasteiger partial charge is 0.323 e. The highest BCUT2D eigenvalue weighted by Gasteiger charge is 2.20. The van der Waals surface area contributed by atoms with Crippen molar-refractivity contribution in [3.05, 3.63) is 29.3 Å². The summed E-state index contributed by atoms with van der Waals surface area (Å²) in [4.78, 5) is 13.3. The van der Waals surface area contributed by atoms with E-state index in [-0.39, 0.29) is 6.03 Å². The van der Waals surface area contributed by atoms with E-state index in [2.05, 4.69) is 36.6 Å². The quantitative estimate of drug-likeness (QED) is 0.855. The summed E-state index contributed by atoms with van der Waals surface area (Å²) in [5, 5.41) is 6.46. The zero-order chi connectivity index (χ0) is 13.8. The van der Waals surface area contributed by atoms with Crippen LogP contribution in [0.2, 0.25) is 0 Å². The molecule has 4 heteroatoms. The van der Waals surface area contributed by atoms with Gasteiger partial charge in [-0.05, 0) is 36.6 Å². The molecule has 2 rings (SSSR count). The Morgan fingerprint density at radius 3 is 2.89 bits per heavy atom. The molecule has 1 heterocycles. The smallest absolute Gasteiger partial charge is 0.321 e. The molecule has 1 unspecified atom stereocenters. The van der Waals surface area contributed by atoms with E-state index in [1.54, 1.807) is 4.90 Å². The van der Waals surface area contributed by atoms with Gasteiger partial charge < -0.3 is 15.5 Å². The summed E-state index contributed by atoms with van der Waals surface area (Å²) in [6.07, 6.45) is 2.21. The summed E-state index contributed by atoms with van der Waals surface area (Å²) in [5.41, 5.74) is 3.44. The third kappa shape index (κ3) is 3.07. The lowest BCUT2D eigenvalue weighted by Gasteiger charge is -2.27. The number of carbonyl (C=O) groups excluding carboxylic acids is 1. The summed E-state index contributed by atoms with van der Waals surface area (Å²) in [6.45, 7) is 6.09. The van der Waals surface area contributed by atoms with Crippen molar-refractivity contribution in [3.8, 4) is 0 Å². The van der Waals surface area contributed by atoms with Gasteiger partial charge in [0.25, 0.3) is 0 Å². The highest BCUT2D eigenvalue weighted by molar-refractivity contribution is 5.92. The Hall–Kier alpha value is -1.55. The predicted molar refractivity (Wildman–Crippen MR) is 78.3 cm³/mol. The Kier molecular flexibility index (Phi) is 4.43. The van der Waals surface area contributed by atoms with Crippen LogP contribution in [0.15, 0.2) is 18.2 Å². The fourth-order valence-electron chi connectivity index (χ4n) is 2.44. The van der Waals surface area contributed by atoms with Gasteiger partial charge in [-0.15, -0.1) is 0 Å². The van der Waals surface area contributed by atoms with Gasteiger partial charge in [-0.1, -0.05) is 26.0 Å². The highest BCUT2D eigenvalue weighted by atomic mass is 16.2. The van der Waals surface area contributed by atoms with Crippen molar-refractivity contribution in [2.24, 2.45) is 0 Å². The summed E-state index contributed by atoms with van der Waals surface area (Å²) in [5.74, 6) is 0. The number of hydrogen-bond acceptors (Lipinski definition) is 2. The molecule has 1 aliphatic rings. The number of anilines is 1. The maximum Gasteiger partial charge on any atom is 0.321 e. The monoisotopic (exact) mass is 261 g/mol. The Morgan fingerprint density at radius 1 is 1.42 bits per heavy atom. The fraction of sp³-hybridized carbons (Fsp3) is 0.533. The van der Waals surface area contributed by atoms with Gasteiger partial charge in [-0.3, -0.25) is 0 Å². The van der Waals surface area contributed by atoms with Gasteiger partial charge in [0.2, 0.25) is 0 Å². The van der Waals surface area contributed by atoms with E-state index in [1.807, 2.05) is 13.1 Å². The van der Waals surface area contributed by atoms with E-state index < -0.39 is 0 Å². The van der Waals surface area contributed by atoms with Gasteiger partial charge in [0.15, 0.2) is 0 Å². The average Bonchev–Trinajstić information content (AvgIpc) is 2.41. The van der Waals surface area contributed by atoms with Crippen molar-refractivity contribution in [1.82, 2.24) is 10.2 Å². The first kappa shape index (κ1) is 13.9. The second kappa shape index (κ2) is 6.06. The fourth-order valence-corrected chi connectivity index (χ4v) is 2.44. The number of rotatable bonds is 5. The normalized spacial score (nSPS) is 15.9. The number of nitrogens with zero attached hydrogens (tertiary/aromatic N) is 1. The standard InChI is InChI=1S/C15H23N3O/c1-4-8-16-13(5-2)11-6-7-14-12(9-11)10-18(3)15(19)17-14/h6-7,9,13,16H,4-5,8,10H2,1-3H3,(H,17,19). The first-order chi connectivity index (χ1) is 9.15. The second-order valence-corrected chi connectivity index (χ2v) is 5.12. The molecule has 0 fully saturated rings. The average molecular weight is 261 g/mol. The van der Waals surface area contributed by atoms with Crippen molar-refractivity contribution in [3.63, 3.8) is 0 Å². The molecular formula is C15H23N3O. The molecule has 0 radical (unpaired) electrons. The first-order valence-electron chi connectivity index (χ1n) is 7.04. The van der Waals surface area contributed by atoms with E-state index in [0.717, 1.165) is 25.1 Å². The van der Waals surface area contributed by atoms with Crippen molar-refractivity contribution in [1.29, 1.82) is 0 Å². The highest BCUT2D eigenvalue weighted by Crippen LogP contribution is 2.27. The molecule has 1 aliphatic heterocycles. The van der Waals surface area contributed by atoms with Gasteiger partial charge >= 0.3 is 6.03 Å². The summed E-state index contributed by atoms with van der Waals surface area (Å²) >= 11 is 0. The molecule has 0 bridgehead atoms. The topological polar surface area (TPSA) is 44.4 Å². The number of hydrogen-bond donors (Lipinski definition) is 2. The van der Waals surface area contributed by atoms with Crippen LogP contribution in [0.5, 0.6) is 0 Å². The molecule has 2 N–H and O–H groups in total. The minimum atomic E-state index is -0.0311. The number of urea groups is 1. The van der Waals surface area contributed by atoms with Crippen molar-refractivity contribution in [2.75, 3.05) is 18.9 Å². The summed E-state index contributed by atoms with van der Waals surface area (Å²) < 4.78 is 0. The van der Waals surface area contributed by atoms with Crippen LogP contribution in [0.1, 0.15) is 43.9 Å². The summed E-state index contributed by atoms with van der Waals surface area (Å²) in [7, 11) is 1.82. The van der Waals surface area contributed by atoms with Crippen LogP contribution in [0.3, 0.4) is 0 Å². The third-order valence-electron chi connectivity index (χ3n) is 3.58. The van der Waals surface area contributed by atoms with Gasteiger partial charge in [-0.25, -0.2) is 4.79 Å². The van der Waals surface area contributed by atoms with E-state index in [4.69, 9.17) is 0 Å². The number of nitrogens with one attached hydrogen (secondary N) is 2. The van der Waals surface area contributed by atoms with Crippen LogP contribution in [0.25, 0.3) is 0 Å². The lowest BCUT2D eigenvalue weighted by Crippen LogP contribution is -2.35. The Bertz CT molecular complexity index is 459. The number of carbonyl (C=O) groups is 1. The number of fused-ring (bicyclic) bond motifs is 1. The molecular weight excluding hydrogens is 238 g/mol. The Labute approximate surface area is 115 Å². The Balaban J connectivity index is 2.20. The zero-order valence-corrected chi connectivity index (χ0v) is 12.0. The molecule has 1 aromatic rings. The molecule has 0 aliphatic carbocycles. The van der Waals surface area contributed by atoms with Gasteiger partial charge in [0.1, 0.15) is 0 Å². The van der Waals surface area contributed by atoms with Crippen LogP contribution < -0.4 is 10.6 Å². The van der Waals surface area contributed by atoms with Crippen LogP contribution in [-0.2, 0) is 6.54 Å². The van der Waals surface area contributed by atoms with Gasteiger partial charge in [0.05, 0.1) is 0 Å². The van der Waals surface area contributed by atoms with Crippen LogP contribution in [0.4, 0.5) is 10.5 Å². The van der Waals surface area contributed by atoms with E-state index in [0.29, 0.717) is 12.6 Å². The molecule has 0 saturated carbocycles. The van der Waals surface area contributed by atoms with Crippen LogP contribution >= 0.6 is 0 Å². The number of benzene rings is 1. The lowest BCUT2D eigenvalue weighted by molar-refractivity contribution is 0.218. The van der Waals surface area contributed by atoms with Gasteiger partial charge in [-0.2, -0.15) is 0 Å². The molecule has 0 spiro atoms. The van der Waals surface area contributed by atoms with Crippen molar-refractivity contribution >= 4 is 11.7 Å². The van der Waals surface area contributed by atoms with Crippen LogP contribution in [-0.4, -0.2) is 24.5 Å². The minimum Gasteiger partial charge on any atom is -0.323 e. The molecule has 104 valence electrons. The predicted octanol–water partition coefficient (Wildman–Crippen LogP) is 3.11. The SMILES string of the molecule is CCCNC(CC)c1ccc2c(c1)CN(C)C(=O)N2. The van der Waals surface area contributed by atoms with E-state index in [1.165, 1.54) is 11.1 Å². The van der Waals surface area contributed by atoms with Crippen molar-refractivity contribution in [2.45, 2.75) is 39.3 Å². The van der Waals surface area contributed by atoms with E-state index >= 15 is 0 Å². The number of amides is 2. The first-order valence-corrected chi connectivity index (χ1v) is 7.04. The third-order valence-corrected chi connectivity index (χ3v) is 3.58. The Morgan fingerprint density at radius 2 is 2.21 bits per heavy atom. The molecule has 2 amide bonds.